The maximum atomic E-state index is 12.6. The number of methoxy groups -OCH3 is 1. The third-order valence-corrected chi connectivity index (χ3v) is 4.32. The van der Waals surface area contributed by atoms with E-state index in [0.717, 1.165) is 5.56 Å². The molecule has 118 valence electrons. The van der Waals surface area contributed by atoms with Crippen LogP contribution in [0.1, 0.15) is 31.7 Å². The SMILES string of the molecule is COC1=CC(=O)C(C(C[N+](=O)[O-])c2ccccc2)C(C)(C)C1. The highest BCUT2D eigenvalue weighted by Crippen LogP contribution is 2.46. The van der Waals surface area contributed by atoms with E-state index < -0.39 is 17.3 Å². The number of nitro groups is 1. The van der Waals surface area contributed by atoms with Gasteiger partial charge in [0.05, 0.1) is 18.8 Å². The Balaban J connectivity index is 2.44. The van der Waals surface area contributed by atoms with Crippen LogP contribution in [0.5, 0.6) is 0 Å². The number of hydrogen-bond acceptors (Lipinski definition) is 4. The van der Waals surface area contributed by atoms with Crippen LogP contribution in [0.3, 0.4) is 0 Å². The molecule has 0 N–H and O–H groups in total. The van der Waals surface area contributed by atoms with Crippen LogP contribution in [0.25, 0.3) is 0 Å². The lowest BCUT2D eigenvalue weighted by Crippen LogP contribution is -2.41. The maximum absolute atomic E-state index is 12.6. The average molecular weight is 303 g/mol. The van der Waals surface area contributed by atoms with Crippen LogP contribution in [-0.4, -0.2) is 24.4 Å². The standard InChI is InChI=1S/C17H21NO4/c1-17(2)10-13(22-3)9-15(19)16(17)14(11-18(20)21)12-7-5-4-6-8-12/h4-9,14,16H,10-11H2,1-3H3. The molecule has 1 aliphatic carbocycles. The molecule has 0 saturated heterocycles. The molecule has 1 aromatic carbocycles. The minimum Gasteiger partial charge on any atom is -0.501 e. The fourth-order valence-electron chi connectivity index (χ4n) is 3.38. The first-order chi connectivity index (χ1) is 10.3. The van der Waals surface area contributed by atoms with Crippen molar-refractivity contribution in [3.63, 3.8) is 0 Å². The quantitative estimate of drug-likeness (QED) is 0.618. The molecule has 0 bridgehead atoms. The summed E-state index contributed by atoms with van der Waals surface area (Å²) in [4.78, 5) is 23.4. The Morgan fingerprint density at radius 1 is 1.36 bits per heavy atom. The molecule has 2 unspecified atom stereocenters. The van der Waals surface area contributed by atoms with Crippen LogP contribution in [0.15, 0.2) is 42.2 Å². The van der Waals surface area contributed by atoms with Crippen molar-refractivity contribution in [2.45, 2.75) is 26.2 Å². The fraction of sp³-hybridized carbons (Fsp3) is 0.471. The number of carbonyl (C=O) groups is 1. The van der Waals surface area contributed by atoms with Crippen LogP contribution < -0.4 is 0 Å². The molecular formula is C17H21NO4. The summed E-state index contributed by atoms with van der Waals surface area (Å²) in [6.07, 6.45) is 2.09. The van der Waals surface area contributed by atoms with Gasteiger partial charge in [-0.15, -0.1) is 0 Å². The van der Waals surface area contributed by atoms with Crippen molar-refractivity contribution < 1.29 is 14.5 Å². The van der Waals surface area contributed by atoms with E-state index in [1.165, 1.54) is 6.08 Å². The Bertz CT molecular complexity index is 592. The van der Waals surface area contributed by atoms with E-state index in [2.05, 4.69) is 0 Å². The van der Waals surface area contributed by atoms with Crippen molar-refractivity contribution in [3.8, 4) is 0 Å². The molecule has 0 aliphatic heterocycles. The van der Waals surface area contributed by atoms with E-state index >= 15 is 0 Å². The summed E-state index contributed by atoms with van der Waals surface area (Å²) in [5, 5.41) is 11.1. The van der Waals surface area contributed by atoms with E-state index in [1.807, 2.05) is 44.2 Å². The molecule has 2 rings (SSSR count). The number of allylic oxidation sites excluding steroid dienone is 2. The van der Waals surface area contributed by atoms with Crippen LogP contribution in [0.4, 0.5) is 0 Å². The molecule has 0 aromatic heterocycles. The summed E-state index contributed by atoms with van der Waals surface area (Å²) < 4.78 is 5.22. The van der Waals surface area contributed by atoms with Gasteiger partial charge in [0.25, 0.3) is 0 Å². The molecule has 0 heterocycles. The Morgan fingerprint density at radius 2 is 2.00 bits per heavy atom. The molecule has 1 aromatic rings. The van der Waals surface area contributed by atoms with Crippen molar-refractivity contribution >= 4 is 5.78 Å². The second-order valence-electron chi connectivity index (χ2n) is 6.39. The highest BCUT2D eigenvalue weighted by Gasteiger charge is 2.45. The van der Waals surface area contributed by atoms with Crippen molar-refractivity contribution in [1.82, 2.24) is 0 Å². The lowest BCUT2D eigenvalue weighted by molar-refractivity contribution is -0.485. The lowest BCUT2D eigenvalue weighted by Gasteiger charge is -2.39. The number of ketones is 1. The van der Waals surface area contributed by atoms with Crippen LogP contribution in [-0.2, 0) is 9.53 Å². The van der Waals surface area contributed by atoms with Crippen LogP contribution >= 0.6 is 0 Å². The largest absolute Gasteiger partial charge is 0.501 e. The Morgan fingerprint density at radius 3 is 2.50 bits per heavy atom. The van der Waals surface area contributed by atoms with Gasteiger partial charge in [-0.2, -0.15) is 0 Å². The molecule has 0 amide bonds. The first-order valence-electron chi connectivity index (χ1n) is 7.30. The zero-order chi connectivity index (χ0) is 16.3. The van der Waals surface area contributed by atoms with Gasteiger partial charge in [0.15, 0.2) is 5.78 Å². The van der Waals surface area contributed by atoms with E-state index in [1.54, 1.807) is 7.11 Å². The molecule has 0 saturated carbocycles. The Labute approximate surface area is 130 Å². The topological polar surface area (TPSA) is 69.4 Å². The molecule has 0 spiro atoms. The smallest absolute Gasteiger partial charge is 0.211 e. The molecule has 5 heteroatoms. The Hall–Kier alpha value is -2.17. The van der Waals surface area contributed by atoms with Gasteiger partial charge in [-0.1, -0.05) is 44.2 Å². The zero-order valence-corrected chi connectivity index (χ0v) is 13.1. The van der Waals surface area contributed by atoms with E-state index in [4.69, 9.17) is 4.74 Å². The van der Waals surface area contributed by atoms with Gasteiger partial charge in [-0.3, -0.25) is 14.9 Å². The van der Waals surface area contributed by atoms with Gasteiger partial charge in [0.1, 0.15) is 0 Å². The second-order valence-corrected chi connectivity index (χ2v) is 6.39. The second kappa shape index (κ2) is 6.30. The summed E-state index contributed by atoms with van der Waals surface area (Å²) in [5.41, 5.74) is 0.438. The van der Waals surface area contributed by atoms with E-state index in [-0.39, 0.29) is 17.3 Å². The van der Waals surface area contributed by atoms with Crippen LogP contribution in [0.2, 0.25) is 0 Å². The third-order valence-electron chi connectivity index (χ3n) is 4.32. The number of nitrogens with zero attached hydrogens (tertiary/aromatic N) is 1. The summed E-state index contributed by atoms with van der Waals surface area (Å²) in [5.74, 6) is -0.324. The molecule has 0 fully saturated rings. The highest BCUT2D eigenvalue weighted by molar-refractivity contribution is 5.94. The molecule has 2 atom stereocenters. The van der Waals surface area contributed by atoms with Gasteiger partial charge in [-0.25, -0.2) is 0 Å². The summed E-state index contributed by atoms with van der Waals surface area (Å²) in [6.45, 7) is 3.69. The molecule has 22 heavy (non-hydrogen) atoms. The number of benzene rings is 1. The Kier molecular flexibility index (Phi) is 4.64. The predicted octanol–water partition coefficient (Wildman–Crippen LogP) is 3.19. The third kappa shape index (κ3) is 3.35. The van der Waals surface area contributed by atoms with Gasteiger partial charge < -0.3 is 4.74 Å². The number of hydrogen-bond donors (Lipinski definition) is 0. The van der Waals surface area contributed by atoms with Gasteiger partial charge in [0, 0.05) is 23.3 Å². The van der Waals surface area contributed by atoms with Gasteiger partial charge >= 0.3 is 0 Å². The van der Waals surface area contributed by atoms with Crippen molar-refractivity contribution in [2.24, 2.45) is 11.3 Å². The zero-order valence-electron chi connectivity index (χ0n) is 13.1. The minimum absolute atomic E-state index is 0.0937. The fourth-order valence-corrected chi connectivity index (χ4v) is 3.38. The first-order valence-corrected chi connectivity index (χ1v) is 7.30. The van der Waals surface area contributed by atoms with Crippen molar-refractivity contribution in [2.75, 3.05) is 13.7 Å². The van der Waals surface area contributed by atoms with E-state index in [0.29, 0.717) is 12.2 Å². The van der Waals surface area contributed by atoms with Crippen molar-refractivity contribution in [1.29, 1.82) is 0 Å². The molecule has 1 aliphatic rings. The van der Waals surface area contributed by atoms with Gasteiger partial charge in [0.2, 0.25) is 6.54 Å². The molecule has 0 radical (unpaired) electrons. The van der Waals surface area contributed by atoms with E-state index in [9.17, 15) is 14.9 Å². The molecular weight excluding hydrogens is 282 g/mol. The highest BCUT2D eigenvalue weighted by atomic mass is 16.6. The average Bonchev–Trinajstić information content (AvgIpc) is 2.45. The predicted molar refractivity (Wildman–Crippen MR) is 83.0 cm³/mol. The maximum Gasteiger partial charge on any atom is 0.211 e. The number of rotatable bonds is 5. The van der Waals surface area contributed by atoms with Crippen molar-refractivity contribution in [3.05, 3.63) is 57.8 Å². The number of ether oxygens (including phenoxy) is 1. The first kappa shape index (κ1) is 16.2. The minimum atomic E-state index is -0.437. The van der Waals surface area contributed by atoms with Gasteiger partial charge in [-0.05, 0) is 11.0 Å². The normalized spacial score (nSPS) is 21.9. The summed E-state index contributed by atoms with van der Waals surface area (Å²) in [7, 11) is 1.54. The lowest BCUT2D eigenvalue weighted by atomic mass is 9.63. The summed E-state index contributed by atoms with van der Waals surface area (Å²) >= 11 is 0. The monoisotopic (exact) mass is 303 g/mol. The summed E-state index contributed by atoms with van der Waals surface area (Å²) in [6, 6.07) is 9.27. The molecule has 5 nitrogen and oxygen atoms in total. The van der Waals surface area contributed by atoms with Crippen LogP contribution in [0, 0.1) is 21.4 Å². The number of carbonyl (C=O) groups excluding carboxylic acids is 1.